The molecule has 5 rings (SSSR count). The van der Waals surface area contributed by atoms with E-state index in [0.717, 1.165) is 81.4 Å². The highest BCUT2D eigenvalue weighted by atomic mass is 19.3. The van der Waals surface area contributed by atoms with Crippen LogP contribution in [-0.2, 0) is 13.0 Å². The smallest absolute Gasteiger partial charge is 0.311 e. The summed E-state index contributed by atoms with van der Waals surface area (Å²) in [7, 11) is 0. The number of nitroso groups, excluding NO2 is 1. The molecule has 7 nitrogen and oxygen atoms in total. The van der Waals surface area contributed by atoms with Crippen molar-refractivity contribution in [3.8, 4) is 16.9 Å². The Hall–Kier alpha value is -3.92. The molecular weight excluding hydrogens is 555 g/mol. The van der Waals surface area contributed by atoms with E-state index < -0.39 is 18.7 Å². The van der Waals surface area contributed by atoms with E-state index in [-0.39, 0.29) is 12.3 Å². The molecule has 1 aliphatic rings. The third-order valence-corrected chi connectivity index (χ3v) is 8.14. The van der Waals surface area contributed by atoms with Gasteiger partial charge in [-0.25, -0.2) is 9.37 Å². The van der Waals surface area contributed by atoms with Crippen LogP contribution >= 0.6 is 0 Å². The first kappa shape index (κ1) is 30.5. The molecule has 0 bridgehead atoms. The minimum absolute atomic E-state index is 0.00143. The Bertz CT molecular complexity index is 1520. The van der Waals surface area contributed by atoms with Gasteiger partial charge in [0.25, 0.3) is 0 Å². The van der Waals surface area contributed by atoms with Crippen LogP contribution < -0.4 is 9.64 Å². The first-order chi connectivity index (χ1) is 20.7. The number of hydrogen-bond donors (Lipinski definition) is 1. The highest BCUT2D eigenvalue weighted by Gasteiger charge is 2.37. The van der Waals surface area contributed by atoms with Gasteiger partial charge < -0.3 is 14.6 Å². The number of aryl methyl sites for hydroxylation is 2. The largest absolute Gasteiger partial charge is 0.487 e. The summed E-state index contributed by atoms with van der Waals surface area (Å²) < 4.78 is 45.2. The zero-order valence-corrected chi connectivity index (χ0v) is 24.7. The molecule has 43 heavy (non-hydrogen) atoms. The lowest BCUT2D eigenvalue weighted by Crippen LogP contribution is -2.47. The molecule has 1 aliphatic heterocycles. The van der Waals surface area contributed by atoms with E-state index in [2.05, 4.69) is 51.3 Å². The lowest BCUT2D eigenvalue weighted by atomic mass is 10.0. The van der Waals surface area contributed by atoms with Crippen molar-refractivity contribution >= 4 is 16.7 Å². The molecule has 10 heteroatoms. The van der Waals surface area contributed by atoms with Crippen molar-refractivity contribution in [1.29, 1.82) is 0 Å². The van der Waals surface area contributed by atoms with E-state index in [9.17, 15) is 18.1 Å². The molecule has 2 aromatic heterocycles. The topological polar surface area (TPSA) is 73.8 Å². The van der Waals surface area contributed by atoms with Crippen LogP contribution in [-0.4, -0.2) is 66.3 Å². The van der Waals surface area contributed by atoms with Gasteiger partial charge in [0.05, 0.1) is 0 Å². The average Bonchev–Trinajstić information content (AvgIpc) is 3.41. The van der Waals surface area contributed by atoms with Crippen LogP contribution in [0.5, 0.6) is 5.75 Å². The summed E-state index contributed by atoms with van der Waals surface area (Å²) in [5.74, 6) is -2.58. The first-order valence-corrected chi connectivity index (χ1v) is 14.8. The Balaban J connectivity index is 1.13. The Morgan fingerprint density at radius 2 is 1.79 bits per heavy atom. The predicted molar refractivity (Wildman–Crippen MR) is 165 cm³/mol. The van der Waals surface area contributed by atoms with E-state index in [1.807, 2.05) is 6.07 Å². The maximum atomic E-state index is 13.5. The van der Waals surface area contributed by atoms with Gasteiger partial charge in [-0.1, -0.05) is 28.9 Å². The van der Waals surface area contributed by atoms with Crippen molar-refractivity contribution < 1.29 is 17.9 Å². The lowest BCUT2D eigenvalue weighted by Gasteiger charge is -2.36. The third kappa shape index (κ3) is 7.54. The van der Waals surface area contributed by atoms with Crippen molar-refractivity contribution in [2.45, 2.75) is 51.7 Å². The number of nitrogens with zero attached hydrogens (tertiary/aromatic N) is 4. The predicted octanol–water partition coefficient (Wildman–Crippen LogP) is 7.32. The summed E-state index contributed by atoms with van der Waals surface area (Å²) in [6.45, 7) is 6.42. The van der Waals surface area contributed by atoms with Crippen LogP contribution in [0.4, 0.5) is 19.0 Å². The Morgan fingerprint density at radius 3 is 2.51 bits per heavy atom. The fourth-order valence-corrected chi connectivity index (χ4v) is 5.50. The average molecular weight is 594 g/mol. The maximum Gasteiger partial charge on any atom is 0.311 e. The molecule has 1 unspecified atom stereocenters. The summed E-state index contributed by atoms with van der Waals surface area (Å²) in [6.07, 6.45) is 4.92. The number of halogens is 3. The molecule has 1 saturated heterocycles. The number of pyridine rings is 1. The molecule has 1 fully saturated rings. The SMILES string of the molecule is Cc1ccc2[nH]cc(CCCCN3CCN(c4ncc(-c5ccc(OCC(F)(F)C(C)F)cc5)cc4CN=O)CC3)c2c1. The van der Waals surface area contributed by atoms with Crippen LogP contribution in [0.2, 0.25) is 0 Å². The van der Waals surface area contributed by atoms with Crippen molar-refractivity contribution in [3.63, 3.8) is 0 Å². The molecule has 1 atom stereocenters. The zero-order valence-electron chi connectivity index (χ0n) is 24.7. The number of fused-ring (bicyclic) bond motifs is 1. The highest BCUT2D eigenvalue weighted by molar-refractivity contribution is 5.83. The second-order valence-corrected chi connectivity index (χ2v) is 11.3. The lowest BCUT2D eigenvalue weighted by molar-refractivity contribution is -0.0941. The number of benzene rings is 2. The summed E-state index contributed by atoms with van der Waals surface area (Å²) in [4.78, 5) is 24.0. The van der Waals surface area contributed by atoms with Crippen molar-refractivity contribution in [1.82, 2.24) is 14.9 Å². The molecule has 0 spiro atoms. The Morgan fingerprint density at radius 1 is 1.02 bits per heavy atom. The number of rotatable bonds is 13. The van der Waals surface area contributed by atoms with Crippen molar-refractivity contribution in [2.75, 3.05) is 44.2 Å². The molecule has 228 valence electrons. The number of nitrogens with one attached hydrogen (secondary N) is 1. The second-order valence-electron chi connectivity index (χ2n) is 11.3. The quantitative estimate of drug-likeness (QED) is 0.130. The molecular formula is C33H38F3N5O2. The Kier molecular flexibility index (Phi) is 9.65. The molecule has 2 aromatic carbocycles. The van der Waals surface area contributed by atoms with Gasteiger partial charge in [-0.2, -0.15) is 13.7 Å². The van der Waals surface area contributed by atoms with Crippen LogP contribution in [0.25, 0.3) is 22.0 Å². The van der Waals surface area contributed by atoms with E-state index in [4.69, 9.17) is 9.72 Å². The number of aromatic amines is 1. The zero-order chi connectivity index (χ0) is 30.4. The fraction of sp³-hybridized carbons (Fsp3) is 0.424. The van der Waals surface area contributed by atoms with Crippen molar-refractivity contribution in [3.05, 3.63) is 82.5 Å². The summed E-state index contributed by atoms with van der Waals surface area (Å²) in [5.41, 5.74) is 6.16. The number of aromatic nitrogens is 2. The van der Waals surface area contributed by atoms with E-state index in [0.29, 0.717) is 0 Å². The minimum Gasteiger partial charge on any atom is -0.487 e. The summed E-state index contributed by atoms with van der Waals surface area (Å²) in [5, 5.41) is 4.46. The summed E-state index contributed by atoms with van der Waals surface area (Å²) in [6, 6.07) is 15.0. The number of unbranched alkanes of at least 4 members (excludes halogenated alkanes) is 1. The monoisotopic (exact) mass is 593 g/mol. The highest BCUT2D eigenvalue weighted by Crippen LogP contribution is 2.29. The van der Waals surface area contributed by atoms with Gasteiger partial charge in [0, 0.05) is 60.6 Å². The molecule has 0 radical (unpaired) electrons. The minimum atomic E-state index is -3.56. The molecule has 0 aliphatic carbocycles. The van der Waals surface area contributed by atoms with Gasteiger partial charge in [-0.15, -0.1) is 0 Å². The summed E-state index contributed by atoms with van der Waals surface area (Å²) >= 11 is 0. The Labute approximate surface area is 250 Å². The van der Waals surface area contributed by atoms with Gasteiger partial charge >= 0.3 is 5.92 Å². The molecule has 1 N–H and O–H groups in total. The third-order valence-electron chi connectivity index (χ3n) is 8.14. The standard InChI is InChI=1S/C33H38F3N5O2/c1-23-6-11-31-30(17-23)26(19-37-31)5-3-4-12-40-13-15-41(16-14-40)32-28(21-39-42)18-27(20-38-32)25-7-9-29(10-8-25)43-22-33(35,36)24(2)34/h6-11,17-20,24,37H,3-5,12-16,21-22H2,1-2H3. The maximum absolute atomic E-state index is 13.5. The van der Waals surface area contributed by atoms with Crippen LogP contribution in [0.3, 0.4) is 0 Å². The fourth-order valence-electron chi connectivity index (χ4n) is 5.50. The number of H-pyrrole nitrogens is 1. The van der Waals surface area contributed by atoms with Gasteiger partial charge in [0.2, 0.25) is 0 Å². The number of anilines is 1. The van der Waals surface area contributed by atoms with Crippen molar-refractivity contribution in [2.24, 2.45) is 5.18 Å². The van der Waals surface area contributed by atoms with Crippen LogP contribution in [0.1, 0.15) is 36.5 Å². The number of alkyl halides is 3. The van der Waals surface area contributed by atoms with E-state index in [1.165, 1.54) is 22.0 Å². The first-order valence-electron chi connectivity index (χ1n) is 14.8. The van der Waals surface area contributed by atoms with Gasteiger partial charge in [-0.3, -0.25) is 4.90 Å². The van der Waals surface area contributed by atoms with Crippen LogP contribution in [0, 0.1) is 11.8 Å². The second kappa shape index (κ2) is 13.6. The number of ether oxygens (including phenoxy) is 1. The van der Waals surface area contributed by atoms with Gasteiger partial charge in [0.1, 0.15) is 18.1 Å². The molecule has 3 heterocycles. The normalized spacial score (nSPS) is 15.1. The molecule has 4 aromatic rings. The van der Waals surface area contributed by atoms with E-state index in [1.54, 1.807) is 30.5 Å². The van der Waals surface area contributed by atoms with Gasteiger partial charge in [0.15, 0.2) is 12.8 Å². The molecule has 0 amide bonds. The number of hydrogen-bond acceptors (Lipinski definition) is 6. The van der Waals surface area contributed by atoms with E-state index >= 15 is 0 Å². The molecule has 0 saturated carbocycles. The van der Waals surface area contributed by atoms with Crippen LogP contribution in [0.15, 0.2) is 66.1 Å². The number of piperazine rings is 1. The van der Waals surface area contributed by atoms with Gasteiger partial charge in [-0.05, 0) is 81.1 Å².